The van der Waals surface area contributed by atoms with Gasteiger partial charge in [0.15, 0.2) is 5.84 Å². The van der Waals surface area contributed by atoms with E-state index in [1.807, 2.05) is 0 Å². The van der Waals surface area contributed by atoms with E-state index in [0.717, 1.165) is 38.6 Å². The van der Waals surface area contributed by atoms with E-state index in [9.17, 15) is 0 Å². The first kappa shape index (κ1) is 12.9. The van der Waals surface area contributed by atoms with E-state index >= 15 is 0 Å². The summed E-state index contributed by atoms with van der Waals surface area (Å²) < 4.78 is 10.9. The quantitative estimate of drug-likeness (QED) is 0.618. The number of rotatable bonds is 5. The van der Waals surface area contributed by atoms with Crippen molar-refractivity contribution in [3.63, 3.8) is 0 Å². The monoisotopic (exact) mass is 247 g/mol. The summed E-state index contributed by atoms with van der Waals surface area (Å²) in [6.45, 7) is 5.05. The van der Waals surface area contributed by atoms with E-state index in [1.54, 1.807) is 24.3 Å². The van der Waals surface area contributed by atoms with Crippen LogP contribution in [-0.2, 0) is 4.74 Å². The van der Waals surface area contributed by atoms with Gasteiger partial charge >= 0.3 is 0 Å². The van der Waals surface area contributed by atoms with Crippen molar-refractivity contribution in [2.24, 2.45) is 0 Å². The molecule has 0 unspecified atom stereocenters. The van der Waals surface area contributed by atoms with E-state index in [2.05, 4.69) is 4.90 Å². The van der Waals surface area contributed by atoms with Gasteiger partial charge in [0.2, 0.25) is 0 Å². The van der Waals surface area contributed by atoms with Gasteiger partial charge in [-0.15, -0.1) is 5.73 Å². The molecule has 0 saturated carbocycles. The number of hydrogen-bond acceptors (Lipinski definition) is 4. The predicted molar refractivity (Wildman–Crippen MR) is 68.2 cm³/mol. The summed E-state index contributed by atoms with van der Waals surface area (Å²) in [6.07, 6.45) is 0. The van der Waals surface area contributed by atoms with Crippen molar-refractivity contribution < 1.29 is 9.47 Å². The lowest BCUT2D eigenvalue weighted by Crippen LogP contribution is -2.38. The van der Waals surface area contributed by atoms with Crippen LogP contribution in [0.1, 0.15) is 5.56 Å². The second kappa shape index (κ2) is 6.37. The summed E-state index contributed by atoms with van der Waals surface area (Å²) >= 11 is 0. The van der Waals surface area contributed by atoms with Crippen LogP contribution < -0.4 is 10.5 Å². The maximum atomic E-state index is 8.98. The zero-order chi connectivity index (χ0) is 12.8. The van der Waals surface area contributed by atoms with E-state index in [0.29, 0.717) is 12.2 Å². The van der Waals surface area contributed by atoms with Gasteiger partial charge in [-0.2, -0.15) is 0 Å². The van der Waals surface area contributed by atoms with Crippen molar-refractivity contribution in [3.8, 4) is 5.75 Å². The van der Waals surface area contributed by atoms with Gasteiger partial charge in [0.25, 0.3) is 0 Å². The highest BCUT2D eigenvalue weighted by Gasteiger charge is 2.09. The second-order valence-corrected chi connectivity index (χ2v) is 4.18. The molecule has 2 radical (unpaired) electrons. The molecule has 1 aromatic rings. The molecule has 1 aliphatic heterocycles. The fourth-order valence-electron chi connectivity index (χ4n) is 1.83. The maximum Gasteiger partial charge on any atom is 0.174 e. The van der Waals surface area contributed by atoms with Gasteiger partial charge in [-0.3, -0.25) is 10.3 Å². The molecule has 1 aromatic carbocycles. The topological polar surface area (TPSA) is 67.9 Å². The summed E-state index contributed by atoms with van der Waals surface area (Å²) in [4.78, 5) is 2.31. The Kier molecular flexibility index (Phi) is 4.55. The molecule has 1 fully saturated rings. The lowest BCUT2D eigenvalue weighted by atomic mass is 10.2. The van der Waals surface area contributed by atoms with E-state index in [4.69, 9.17) is 20.6 Å². The van der Waals surface area contributed by atoms with Crippen molar-refractivity contribution >= 4 is 5.84 Å². The van der Waals surface area contributed by atoms with Crippen LogP contribution in [0.4, 0.5) is 0 Å². The molecule has 0 spiro atoms. The molecule has 1 N–H and O–H groups in total. The molecule has 0 atom stereocenters. The third kappa shape index (κ3) is 3.72. The van der Waals surface area contributed by atoms with Gasteiger partial charge in [-0.05, 0) is 24.3 Å². The first-order valence-corrected chi connectivity index (χ1v) is 6.06. The largest absolute Gasteiger partial charge is 0.492 e. The third-order valence-electron chi connectivity index (χ3n) is 2.91. The van der Waals surface area contributed by atoms with Crippen LogP contribution in [0, 0.1) is 5.41 Å². The minimum Gasteiger partial charge on any atom is -0.492 e. The fraction of sp³-hybridized carbons (Fsp3) is 0.462. The molecular weight excluding hydrogens is 230 g/mol. The highest BCUT2D eigenvalue weighted by Crippen LogP contribution is 2.12. The number of morpholine rings is 1. The Labute approximate surface area is 107 Å². The highest BCUT2D eigenvalue weighted by atomic mass is 16.5. The molecule has 1 aliphatic rings. The molecule has 0 amide bonds. The minimum atomic E-state index is -0.421. The van der Waals surface area contributed by atoms with Crippen molar-refractivity contribution in [1.29, 1.82) is 5.41 Å². The van der Waals surface area contributed by atoms with Crippen LogP contribution in [0.15, 0.2) is 24.3 Å². The molecule has 5 heteroatoms. The molecule has 1 saturated heterocycles. The average Bonchev–Trinajstić information content (AvgIpc) is 2.40. The molecular formula is C13H17N3O2. The van der Waals surface area contributed by atoms with Gasteiger partial charge in [-0.25, -0.2) is 0 Å². The second-order valence-electron chi connectivity index (χ2n) is 4.18. The summed E-state index contributed by atoms with van der Waals surface area (Å²) in [6, 6.07) is 6.87. The van der Waals surface area contributed by atoms with Gasteiger partial charge in [0, 0.05) is 25.2 Å². The Balaban J connectivity index is 1.74. The number of hydrogen-bond donors (Lipinski definition) is 1. The summed E-state index contributed by atoms with van der Waals surface area (Å²) in [7, 11) is 0. The van der Waals surface area contributed by atoms with Crippen LogP contribution in [-0.4, -0.2) is 50.2 Å². The first-order chi connectivity index (χ1) is 8.75. The maximum absolute atomic E-state index is 8.98. The van der Waals surface area contributed by atoms with Crippen LogP contribution in [0.25, 0.3) is 0 Å². The predicted octanol–water partition coefficient (Wildman–Crippen LogP) is 0.792. The van der Waals surface area contributed by atoms with Gasteiger partial charge in [0.05, 0.1) is 13.2 Å². The Hall–Kier alpha value is -1.59. The lowest BCUT2D eigenvalue weighted by molar-refractivity contribution is 0.0322. The lowest BCUT2D eigenvalue weighted by Gasteiger charge is -2.26. The van der Waals surface area contributed by atoms with Crippen molar-refractivity contribution in [2.75, 3.05) is 39.5 Å². The van der Waals surface area contributed by atoms with Gasteiger partial charge in [0.1, 0.15) is 12.4 Å². The van der Waals surface area contributed by atoms with Gasteiger partial charge < -0.3 is 9.47 Å². The zero-order valence-corrected chi connectivity index (χ0v) is 10.3. The minimum absolute atomic E-state index is 0.421. The SMILES string of the molecule is [N]C(=N)c1ccc(OCCN2CCOCC2)cc1. The van der Waals surface area contributed by atoms with Crippen molar-refractivity contribution in [2.45, 2.75) is 0 Å². The zero-order valence-electron chi connectivity index (χ0n) is 10.3. The Bertz CT molecular complexity index is 386. The van der Waals surface area contributed by atoms with Crippen molar-refractivity contribution in [1.82, 2.24) is 10.6 Å². The van der Waals surface area contributed by atoms with E-state index in [-0.39, 0.29) is 0 Å². The van der Waals surface area contributed by atoms with Gasteiger partial charge in [-0.1, -0.05) is 0 Å². The Morgan fingerprint density at radius 1 is 1.28 bits per heavy atom. The summed E-state index contributed by atoms with van der Waals surface area (Å²) in [5.41, 5.74) is 9.48. The third-order valence-corrected chi connectivity index (χ3v) is 2.91. The Morgan fingerprint density at radius 2 is 1.94 bits per heavy atom. The normalized spacial score (nSPS) is 16.4. The van der Waals surface area contributed by atoms with Crippen LogP contribution in [0.2, 0.25) is 0 Å². The van der Waals surface area contributed by atoms with Crippen LogP contribution >= 0.6 is 0 Å². The smallest absolute Gasteiger partial charge is 0.174 e. The molecule has 2 rings (SSSR count). The fourth-order valence-corrected chi connectivity index (χ4v) is 1.83. The van der Waals surface area contributed by atoms with Crippen molar-refractivity contribution in [3.05, 3.63) is 29.8 Å². The summed E-state index contributed by atoms with van der Waals surface area (Å²) in [5, 5.41) is 7.07. The van der Waals surface area contributed by atoms with Crippen LogP contribution in [0.5, 0.6) is 5.75 Å². The van der Waals surface area contributed by atoms with E-state index < -0.39 is 5.84 Å². The Morgan fingerprint density at radius 3 is 2.56 bits per heavy atom. The van der Waals surface area contributed by atoms with E-state index in [1.165, 1.54) is 0 Å². The molecule has 96 valence electrons. The number of ether oxygens (including phenoxy) is 2. The first-order valence-electron chi connectivity index (χ1n) is 6.06. The molecule has 1 heterocycles. The van der Waals surface area contributed by atoms with Crippen LogP contribution in [0.3, 0.4) is 0 Å². The molecule has 18 heavy (non-hydrogen) atoms. The summed E-state index contributed by atoms with van der Waals surface area (Å²) in [5.74, 6) is 0.336. The molecule has 5 nitrogen and oxygen atoms in total. The number of nitrogens with zero attached hydrogens (tertiary/aromatic N) is 2. The standard InChI is InChI=1S/C13H17N3O2/c14-13(15)11-1-3-12(4-2-11)18-10-7-16-5-8-17-9-6-16/h1-4,14H,5-10H2. The number of nitrogens with one attached hydrogen (secondary N) is 1. The molecule has 0 aromatic heterocycles. The highest BCUT2D eigenvalue weighted by molar-refractivity contribution is 5.94. The average molecular weight is 247 g/mol. The number of benzene rings is 1. The number of amidine groups is 1. The molecule has 0 bridgehead atoms. The molecule has 0 aliphatic carbocycles.